The molecule has 0 spiro atoms. The van der Waals surface area contributed by atoms with Crippen LogP contribution in [-0.4, -0.2) is 79.9 Å². The molecule has 5 fully saturated rings. The summed E-state index contributed by atoms with van der Waals surface area (Å²) in [5.41, 5.74) is 1.29. The van der Waals surface area contributed by atoms with Crippen molar-refractivity contribution < 1.29 is 19.3 Å². The zero-order chi connectivity index (χ0) is 29.3. The number of likely N-dealkylation sites (tertiary alicyclic amines) is 1. The van der Waals surface area contributed by atoms with Crippen LogP contribution in [-0.2, 0) is 16.1 Å². The van der Waals surface area contributed by atoms with Crippen molar-refractivity contribution in [1.29, 1.82) is 0 Å². The Balaban J connectivity index is 0.946. The molecule has 236 valence electrons. The number of hydrogen-bond donors (Lipinski definition) is 3. The van der Waals surface area contributed by atoms with Crippen molar-refractivity contribution >= 4 is 0 Å². The normalized spacial score (nSPS) is 40.0. The molecule has 0 amide bonds. The first-order valence-corrected chi connectivity index (χ1v) is 17.1. The first-order valence-electron chi connectivity index (χ1n) is 17.1. The average molecular weight is 584 g/mol. The minimum Gasteiger partial charge on any atom is -0.497 e. The number of ether oxygens (including phenoxy) is 3. The van der Waals surface area contributed by atoms with E-state index in [9.17, 15) is 5.11 Å². The number of aliphatic hydroxyl groups is 1. The Kier molecular flexibility index (Phi) is 9.83. The van der Waals surface area contributed by atoms with Crippen LogP contribution < -0.4 is 15.4 Å². The maximum atomic E-state index is 9.95. The summed E-state index contributed by atoms with van der Waals surface area (Å²) in [5, 5.41) is 18.0. The van der Waals surface area contributed by atoms with Crippen LogP contribution in [0.5, 0.6) is 5.75 Å². The van der Waals surface area contributed by atoms with Crippen molar-refractivity contribution in [2.75, 3.05) is 33.4 Å². The van der Waals surface area contributed by atoms with E-state index in [0.29, 0.717) is 37.1 Å². The van der Waals surface area contributed by atoms with Crippen LogP contribution in [0.4, 0.5) is 0 Å². The van der Waals surface area contributed by atoms with Crippen LogP contribution >= 0.6 is 0 Å². The zero-order valence-corrected chi connectivity index (χ0v) is 26.6. The molecular formula is C35H57N3O4. The molecule has 42 heavy (non-hydrogen) atoms. The molecular weight excluding hydrogens is 526 g/mol. The number of nitrogens with zero attached hydrogens (tertiary/aromatic N) is 1. The van der Waals surface area contributed by atoms with E-state index in [-0.39, 0.29) is 11.5 Å². The Morgan fingerprint density at radius 3 is 2.33 bits per heavy atom. The molecule has 0 bridgehead atoms. The smallest absolute Gasteiger partial charge is 0.118 e. The molecule has 6 rings (SSSR count). The van der Waals surface area contributed by atoms with E-state index in [1.807, 2.05) is 19.1 Å². The van der Waals surface area contributed by atoms with Crippen LogP contribution in [0.25, 0.3) is 0 Å². The first kappa shape index (κ1) is 30.8. The van der Waals surface area contributed by atoms with Crippen LogP contribution in [0.2, 0.25) is 0 Å². The molecule has 1 aromatic carbocycles. The van der Waals surface area contributed by atoms with Crippen molar-refractivity contribution in [1.82, 2.24) is 15.5 Å². The second kappa shape index (κ2) is 13.4. The van der Waals surface area contributed by atoms with E-state index >= 15 is 0 Å². The maximum Gasteiger partial charge on any atom is 0.118 e. The summed E-state index contributed by atoms with van der Waals surface area (Å²) in [6.07, 6.45) is 11.9. The first-order chi connectivity index (χ1) is 20.3. The van der Waals surface area contributed by atoms with Gasteiger partial charge in [0.05, 0.1) is 44.8 Å². The number of hydrogen-bond acceptors (Lipinski definition) is 7. The van der Waals surface area contributed by atoms with Gasteiger partial charge in [-0.2, -0.15) is 0 Å². The summed E-state index contributed by atoms with van der Waals surface area (Å²) in [6.45, 7) is 11.4. The minimum atomic E-state index is -0.239. The number of fused-ring (bicyclic) bond motifs is 3. The number of benzene rings is 1. The molecule has 5 aliphatic rings. The predicted octanol–water partition coefficient (Wildman–Crippen LogP) is 4.96. The van der Waals surface area contributed by atoms with Gasteiger partial charge in [0.25, 0.3) is 0 Å². The van der Waals surface area contributed by atoms with Crippen molar-refractivity contribution in [2.45, 2.75) is 122 Å². The van der Waals surface area contributed by atoms with Gasteiger partial charge in [0.1, 0.15) is 5.75 Å². The van der Waals surface area contributed by atoms with Gasteiger partial charge in [-0.05, 0) is 132 Å². The largest absolute Gasteiger partial charge is 0.497 e. The Morgan fingerprint density at radius 1 is 0.905 bits per heavy atom. The lowest BCUT2D eigenvalue weighted by molar-refractivity contribution is -0.122. The van der Waals surface area contributed by atoms with Gasteiger partial charge < -0.3 is 24.2 Å². The molecule has 2 heterocycles. The van der Waals surface area contributed by atoms with E-state index < -0.39 is 0 Å². The summed E-state index contributed by atoms with van der Waals surface area (Å²) >= 11 is 0. The maximum absolute atomic E-state index is 9.95. The topological polar surface area (TPSA) is 75.2 Å². The Bertz CT molecular complexity index is 990. The lowest BCUT2D eigenvalue weighted by atomic mass is 9.60. The van der Waals surface area contributed by atoms with E-state index in [1.54, 1.807) is 7.11 Å². The molecule has 3 saturated carbocycles. The fourth-order valence-corrected chi connectivity index (χ4v) is 9.25. The molecule has 8 unspecified atom stereocenters. The number of methoxy groups -OCH3 is 1. The number of nitrogens with one attached hydrogen (secondary N) is 2. The highest BCUT2D eigenvalue weighted by atomic mass is 16.5. The van der Waals surface area contributed by atoms with Gasteiger partial charge >= 0.3 is 0 Å². The van der Waals surface area contributed by atoms with Crippen molar-refractivity contribution in [3.05, 3.63) is 29.8 Å². The lowest BCUT2D eigenvalue weighted by Gasteiger charge is -2.55. The highest BCUT2D eigenvalue weighted by Gasteiger charge is 2.49. The monoisotopic (exact) mass is 583 g/mol. The van der Waals surface area contributed by atoms with Crippen LogP contribution in [0.3, 0.4) is 0 Å². The third-order valence-electron chi connectivity index (χ3n) is 12.1. The van der Waals surface area contributed by atoms with E-state index in [1.165, 1.54) is 63.6 Å². The quantitative estimate of drug-likeness (QED) is 0.360. The van der Waals surface area contributed by atoms with Gasteiger partial charge in [-0.3, -0.25) is 10.6 Å². The van der Waals surface area contributed by atoms with E-state index in [0.717, 1.165) is 55.4 Å². The van der Waals surface area contributed by atoms with Crippen molar-refractivity contribution in [2.24, 2.45) is 29.1 Å². The fraction of sp³-hybridized carbons (Fsp3) is 0.829. The third kappa shape index (κ3) is 6.87. The lowest BCUT2D eigenvalue weighted by Crippen LogP contribution is -2.68. The molecule has 0 radical (unpaired) electrons. The summed E-state index contributed by atoms with van der Waals surface area (Å²) in [4.78, 5) is 2.62. The average Bonchev–Trinajstić information content (AvgIpc) is 2.99. The van der Waals surface area contributed by atoms with Crippen LogP contribution in [0, 0.1) is 29.1 Å². The van der Waals surface area contributed by atoms with Crippen molar-refractivity contribution in [3.8, 4) is 5.75 Å². The van der Waals surface area contributed by atoms with Gasteiger partial charge in [-0.25, -0.2) is 0 Å². The molecule has 2 aliphatic heterocycles. The van der Waals surface area contributed by atoms with E-state index in [2.05, 4.69) is 41.5 Å². The summed E-state index contributed by atoms with van der Waals surface area (Å²) in [7, 11) is 1.71. The highest BCUT2D eigenvalue weighted by Crippen LogP contribution is 2.48. The SMILES string of the molecule is COc1ccc(COC2CCC3C(CCC4C(C5CCN(CCOC6CC(C)(C(C)O)C6)CC5)NC(C)NC34)C2)cc1. The van der Waals surface area contributed by atoms with Gasteiger partial charge in [0.15, 0.2) is 0 Å². The van der Waals surface area contributed by atoms with Gasteiger partial charge in [-0.15, -0.1) is 0 Å². The zero-order valence-electron chi connectivity index (χ0n) is 26.6. The Hall–Kier alpha value is -1.22. The van der Waals surface area contributed by atoms with Gasteiger partial charge in [0, 0.05) is 18.6 Å². The third-order valence-corrected chi connectivity index (χ3v) is 12.1. The molecule has 3 aliphatic carbocycles. The summed E-state index contributed by atoms with van der Waals surface area (Å²) in [5.74, 6) is 4.01. The summed E-state index contributed by atoms with van der Waals surface area (Å²) < 4.78 is 17.9. The van der Waals surface area contributed by atoms with Gasteiger partial charge in [0.2, 0.25) is 0 Å². The van der Waals surface area contributed by atoms with Crippen LogP contribution in [0.1, 0.15) is 84.1 Å². The molecule has 2 saturated heterocycles. The molecule has 7 nitrogen and oxygen atoms in total. The molecule has 0 aromatic heterocycles. The molecule has 8 atom stereocenters. The Labute approximate surface area is 254 Å². The standard InChI is InChI=1S/C35H57N3O4/c1-23(39)35(3)20-30(21-35)41-18-17-38-15-13-26(14-16-38)33-32-11-7-27-19-29(10-12-31(27)34(32)37-24(2)36-33)42-22-25-5-8-28(40-4)9-6-25/h5-6,8-9,23-24,26-27,29-34,36-37,39H,7,10-22H2,1-4H3. The van der Waals surface area contributed by atoms with Crippen molar-refractivity contribution in [3.63, 3.8) is 0 Å². The van der Waals surface area contributed by atoms with E-state index in [4.69, 9.17) is 14.2 Å². The summed E-state index contributed by atoms with van der Waals surface area (Å²) in [6, 6.07) is 9.59. The number of piperidine rings is 1. The molecule has 1 aromatic rings. The second-order valence-corrected chi connectivity index (χ2v) is 14.8. The van der Waals surface area contributed by atoms with Gasteiger partial charge in [-0.1, -0.05) is 19.1 Å². The highest BCUT2D eigenvalue weighted by molar-refractivity contribution is 5.26. The molecule has 3 N–H and O–H groups in total. The second-order valence-electron chi connectivity index (χ2n) is 14.8. The number of aliphatic hydroxyl groups excluding tert-OH is 1. The fourth-order valence-electron chi connectivity index (χ4n) is 9.25. The molecule has 7 heteroatoms. The Morgan fingerprint density at radius 2 is 1.62 bits per heavy atom. The van der Waals surface area contributed by atoms with Crippen LogP contribution in [0.15, 0.2) is 24.3 Å². The predicted molar refractivity (Wildman–Crippen MR) is 166 cm³/mol. The number of rotatable bonds is 10. The minimum absolute atomic E-state index is 0.0595.